The second-order valence-corrected chi connectivity index (χ2v) is 7.18. The van der Waals surface area contributed by atoms with Crippen LogP contribution < -0.4 is 10.6 Å². The maximum absolute atomic E-state index is 4.78. The third kappa shape index (κ3) is 7.33. The molecule has 0 saturated carbocycles. The van der Waals surface area contributed by atoms with Gasteiger partial charge in [0.15, 0.2) is 11.8 Å². The first-order valence-corrected chi connectivity index (χ1v) is 10.3. The molecule has 27 heavy (non-hydrogen) atoms. The van der Waals surface area contributed by atoms with Crippen LogP contribution in [0.25, 0.3) is 0 Å². The lowest BCUT2D eigenvalue weighted by molar-refractivity contribution is 0.695. The van der Waals surface area contributed by atoms with Crippen molar-refractivity contribution in [3.8, 4) is 0 Å². The van der Waals surface area contributed by atoms with Crippen molar-refractivity contribution in [3.63, 3.8) is 0 Å². The predicted octanol–water partition coefficient (Wildman–Crippen LogP) is 3.81. The lowest BCUT2D eigenvalue weighted by Gasteiger charge is -2.13. The number of benzene rings is 1. The fraction of sp³-hybridized carbons (Fsp3) is 0.526. The van der Waals surface area contributed by atoms with Crippen LogP contribution in [-0.2, 0) is 20.1 Å². The summed E-state index contributed by atoms with van der Waals surface area (Å²) in [7, 11) is 1.98. The van der Waals surface area contributed by atoms with Crippen LogP contribution in [0.2, 0.25) is 0 Å². The largest absolute Gasteiger partial charge is 0.356 e. The molecule has 0 atom stereocenters. The Kier molecular flexibility index (Phi) is 10.8. The smallest absolute Gasteiger partial charge is 0.191 e. The number of hydrogen-bond donors (Lipinski definition) is 2. The first-order chi connectivity index (χ1) is 12.5. The molecule has 0 amide bonds. The van der Waals surface area contributed by atoms with Crippen LogP contribution in [0.3, 0.4) is 0 Å². The summed E-state index contributed by atoms with van der Waals surface area (Å²) in [6.07, 6.45) is 4.37. The van der Waals surface area contributed by atoms with E-state index in [1.54, 1.807) is 11.8 Å². The molecule has 2 rings (SSSR count). The molecular weight excluding hydrogens is 471 g/mol. The Bertz CT molecular complexity index is 744. The highest BCUT2D eigenvalue weighted by Crippen LogP contribution is 2.22. The minimum atomic E-state index is 0. The topological polar surface area (TPSA) is 67.1 Å². The van der Waals surface area contributed by atoms with Crippen LogP contribution in [0.15, 0.2) is 28.1 Å². The van der Waals surface area contributed by atoms with E-state index in [9.17, 15) is 0 Å². The summed E-state index contributed by atoms with van der Waals surface area (Å²) in [5.41, 5.74) is 2.52. The molecule has 0 spiro atoms. The van der Waals surface area contributed by atoms with Crippen molar-refractivity contribution < 1.29 is 0 Å². The van der Waals surface area contributed by atoms with E-state index in [4.69, 9.17) is 4.99 Å². The van der Waals surface area contributed by atoms with Gasteiger partial charge in [-0.2, -0.15) is 0 Å². The average Bonchev–Trinajstić information content (AvgIpc) is 2.96. The molecule has 2 N–H and O–H groups in total. The minimum Gasteiger partial charge on any atom is -0.356 e. The van der Waals surface area contributed by atoms with Gasteiger partial charge in [-0.15, -0.1) is 45.9 Å². The van der Waals surface area contributed by atoms with Crippen LogP contribution >= 0.6 is 35.7 Å². The molecule has 0 bridgehead atoms. The number of nitrogens with zero attached hydrogens (tertiary/aromatic N) is 4. The zero-order valence-corrected chi connectivity index (χ0v) is 20.0. The highest BCUT2D eigenvalue weighted by Gasteiger charge is 2.07. The van der Waals surface area contributed by atoms with Gasteiger partial charge < -0.3 is 15.2 Å². The van der Waals surface area contributed by atoms with Gasteiger partial charge in [0.1, 0.15) is 5.82 Å². The standard InChI is InChI=1S/C19H30N6S.HI/c1-6-7-10-20-19(22-13-18-24-23-15(3)25(18)4)21-12-16-9-8-14(2)11-17(16)26-5;/h8-9,11H,6-7,10,12-13H2,1-5H3,(H2,20,21,22);1H. The van der Waals surface area contributed by atoms with Crippen molar-refractivity contribution in [2.45, 2.75) is 51.6 Å². The van der Waals surface area contributed by atoms with E-state index < -0.39 is 0 Å². The fourth-order valence-corrected chi connectivity index (χ4v) is 3.17. The van der Waals surface area contributed by atoms with Crippen LogP contribution in [-0.4, -0.2) is 33.5 Å². The van der Waals surface area contributed by atoms with E-state index in [1.807, 2.05) is 18.5 Å². The molecule has 2 aromatic rings. The first kappa shape index (κ1) is 23.7. The third-order valence-electron chi connectivity index (χ3n) is 4.27. The van der Waals surface area contributed by atoms with Gasteiger partial charge in [0, 0.05) is 18.5 Å². The monoisotopic (exact) mass is 502 g/mol. The zero-order chi connectivity index (χ0) is 18.9. The van der Waals surface area contributed by atoms with Gasteiger partial charge in [0.2, 0.25) is 0 Å². The van der Waals surface area contributed by atoms with Crippen molar-refractivity contribution in [3.05, 3.63) is 41.0 Å². The molecule has 150 valence electrons. The van der Waals surface area contributed by atoms with E-state index in [0.29, 0.717) is 13.1 Å². The van der Waals surface area contributed by atoms with E-state index in [-0.39, 0.29) is 24.0 Å². The van der Waals surface area contributed by atoms with Crippen molar-refractivity contribution >= 4 is 41.7 Å². The molecule has 0 unspecified atom stereocenters. The van der Waals surface area contributed by atoms with Crippen molar-refractivity contribution in [1.82, 2.24) is 25.4 Å². The number of unbranched alkanes of at least 4 members (excludes halogenated alkanes) is 1. The number of guanidine groups is 1. The number of halogens is 1. The molecule has 8 heteroatoms. The predicted molar refractivity (Wildman–Crippen MR) is 125 cm³/mol. The number of aromatic nitrogens is 3. The molecule has 0 fully saturated rings. The van der Waals surface area contributed by atoms with Gasteiger partial charge in [-0.3, -0.25) is 0 Å². The lowest BCUT2D eigenvalue weighted by Crippen LogP contribution is -2.38. The molecule has 1 heterocycles. The Morgan fingerprint density at radius 2 is 2.00 bits per heavy atom. The average molecular weight is 502 g/mol. The van der Waals surface area contributed by atoms with Gasteiger partial charge in [-0.25, -0.2) is 4.99 Å². The number of rotatable bonds is 8. The van der Waals surface area contributed by atoms with Crippen LogP contribution in [0.5, 0.6) is 0 Å². The molecular formula is C19H31IN6S. The van der Waals surface area contributed by atoms with E-state index >= 15 is 0 Å². The molecule has 1 aromatic carbocycles. The summed E-state index contributed by atoms with van der Waals surface area (Å²) >= 11 is 1.77. The Hall–Kier alpha value is -1.29. The van der Waals surface area contributed by atoms with Crippen LogP contribution in [0.1, 0.15) is 42.5 Å². The Labute approximate surface area is 184 Å². The first-order valence-electron chi connectivity index (χ1n) is 9.05. The van der Waals surface area contributed by atoms with Gasteiger partial charge in [0.25, 0.3) is 0 Å². The maximum atomic E-state index is 4.78. The van der Waals surface area contributed by atoms with Crippen molar-refractivity contribution in [2.24, 2.45) is 12.0 Å². The van der Waals surface area contributed by atoms with Crippen molar-refractivity contribution in [2.75, 3.05) is 12.8 Å². The zero-order valence-electron chi connectivity index (χ0n) is 16.9. The van der Waals surface area contributed by atoms with Gasteiger partial charge in [-0.05, 0) is 43.7 Å². The van der Waals surface area contributed by atoms with Gasteiger partial charge in [-0.1, -0.05) is 25.5 Å². The van der Waals surface area contributed by atoms with Gasteiger partial charge >= 0.3 is 0 Å². The second-order valence-electron chi connectivity index (χ2n) is 6.34. The highest BCUT2D eigenvalue weighted by molar-refractivity contribution is 14.0. The van der Waals surface area contributed by atoms with Crippen LogP contribution in [0, 0.1) is 13.8 Å². The van der Waals surface area contributed by atoms with E-state index in [0.717, 1.165) is 37.0 Å². The fourth-order valence-electron chi connectivity index (χ4n) is 2.47. The quantitative estimate of drug-likeness (QED) is 0.189. The SMILES string of the molecule is CCCCNC(=NCc1ccc(C)cc1SC)NCc1nnc(C)n1C.I. The number of aliphatic imine (C=N–C) groups is 1. The Morgan fingerprint density at radius 1 is 1.22 bits per heavy atom. The summed E-state index contributed by atoms with van der Waals surface area (Å²) < 4.78 is 1.99. The number of hydrogen-bond acceptors (Lipinski definition) is 4. The molecule has 1 aromatic heterocycles. The maximum Gasteiger partial charge on any atom is 0.191 e. The van der Waals surface area contributed by atoms with E-state index in [1.165, 1.54) is 16.0 Å². The van der Waals surface area contributed by atoms with Crippen molar-refractivity contribution in [1.29, 1.82) is 0 Å². The molecule has 0 aliphatic carbocycles. The molecule has 0 radical (unpaired) electrons. The molecule has 0 aliphatic rings. The number of nitrogens with one attached hydrogen (secondary N) is 2. The lowest BCUT2D eigenvalue weighted by atomic mass is 10.1. The summed E-state index contributed by atoms with van der Waals surface area (Å²) in [6.45, 7) is 8.41. The third-order valence-corrected chi connectivity index (χ3v) is 5.09. The Morgan fingerprint density at radius 3 is 2.63 bits per heavy atom. The number of thioether (sulfide) groups is 1. The summed E-state index contributed by atoms with van der Waals surface area (Å²) in [6, 6.07) is 6.53. The highest BCUT2D eigenvalue weighted by atomic mass is 127. The van der Waals surface area contributed by atoms with E-state index in [2.05, 4.69) is 59.1 Å². The summed E-state index contributed by atoms with van der Waals surface area (Å²) in [5.74, 6) is 2.61. The number of aryl methyl sites for hydroxylation is 2. The van der Waals surface area contributed by atoms with Crippen LogP contribution in [0.4, 0.5) is 0 Å². The summed E-state index contributed by atoms with van der Waals surface area (Å²) in [4.78, 5) is 6.06. The Balaban J connectivity index is 0.00000364. The van der Waals surface area contributed by atoms with Gasteiger partial charge in [0.05, 0.1) is 13.1 Å². The molecule has 0 aliphatic heterocycles. The normalized spacial score (nSPS) is 11.2. The molecule has 0 saturated heterocycles. The second kappa shape index (κ2) is 12.2. The summed E-state index contributed by atoms with van der Waals surface area (Å²) in [5, 5.41) is 15.1. The minimum absolute atomic E-state index is 0. The molecule has 6 nitrogen and oxygen atoms in total.